The van der Waals surface area contributed by atoms with E-state index in [4.69, 9.17) is 0 Å². The third kappa shape index (κ3) is 2.72. The van der Waals surface area contributed by atoms with E-state index in [9.17, 15) is 9.59 Å². The van der Waals surface area contributed by atoms with E-state index < -0.39 is 0 Å². The van der Waals surface area contributed by atoms with E-state index in [2.05, 4.69) is 12.1 Å². The average Bonchev–Trinajstić information content (AvgIpc) is 3.02. The summed E-state index contributed by atoms with van der Waals surface area (Å²) in [6, 6.07) is 6.56. The summed E-state index contributed by atoms with van der Waals surface area (Å²) >= 11 is 0. The van der Waals surface area contributed by atoms with Gasteiger partial charge in [-0.1, -0.05) is 6.07 Å². The third-order valence-corrected chi connectivity index (χ3v) is 6.18. The van der Waals surface area contributed by atoms with Crippen LogP contribution in [-0.4, -0.2) is 47.8 Å². The van der Waals surface area contributed by atoms with Gasteiger partial charge in [0.1, 0.15) is 0 Å². The molecule has 0 spiro atoms. The molecule has 0 saturated carbocycles. The number of fused-ring (bicyclic) bond motifs is 2. The Balaban J connectivity index is 1.50. The summed E-state index contributed by atoms with van der Waals surface area (Å²) in [4.78, 5) is 29.0. The minimum Gasteiger partial charge on any atom is -0.342 e. The second kappa shape index (κ2) is 6.23. The van der Waals surface area contributed by atoms with Crippen molar-refractivity contribution < 1.29 is 9.59 Å². The van der Waals surface area contributed by atoms with Crippen LogP contribution in [0.4, 0.5) is 0 Å². The molecule has 0 bridgehead atoms. The highest BCUT2D eigenvalue weighted by Gasteiger charge is 2.37. The summed E-state index contributed by atoms with van der Waals surface area (Å²) in [5.74, 6) is 0.857. The maximum Gasteiger partial charge on any atom is 0.253 e. The average molecular weight is 326 g/mol. The van der Waals surface area contributed by atoms with Gasteiger partial charge < -0.3 is 9.80 Å². The van der Waals surface area contributed by atoms with Crippen molar-refractivity contribution in [2.24, 2.45) is 5.92 Å². The number of amides is 2. The van der Waals surface area contributed by atoms with Gasteiger partial charge in [-0.05, 0) is 67.7 Å². The molecular formula is C20H26N2O2. The van der Waals surface area contributed by atoms with Gasteiger partial charge >= 0.3 is 0 Å². The summed E-state index contributed by atoms with van der Waals surface area (Å²) < 4.78 is 0. The smallest absolute Gasteiger partial charge is 0.253 e. The zero-order chi connectivity index (χ0) is 16.7. The lowest BCUT2D eigenvalue weighted by molar-refractivity contribution is -0.132. The van der Waals surface area contributed by atoms with E-state index in [-0.39, 0.29) is 11.8 Å². The Bertz CT molecular complexity index is 670. The number of carbonyl (C=O) groups is 2. The molecule has 2 aliphatic heterocycles. The SMILES string of the molecule is CN1C(=O)CCC[C@@H]2CN(C(=O)c3ccc4c(c3)CCC4)CC[C@H]21. The number of likely N-dealkylation sites (tertiary alicyclic amines) is 2. The van der Waals surface area contributed by atoms with Crippen LogP contribution in [0.2, 0.25) is 0 Å². The lowest BCUT2D eigenvalue weighted by atomic mass is 9.88. The molecular weight excluding hydrogens is 300 g/mol. The van der Waals surface area contributed by atoms with Crippen LogP contribution < -0.4 is 0 Å². The molecule has 4 heteroatoms. The Kier molecular flexibility index (Phi) is 4.07. The molecule has 1 aromatic rings. The molecule has 4 nitrogen and oxygen atoms in total. The van der Waals surface area contributed by atoms with Crippen LogP contribution in [-0.2, 0) is 17.6 Å². The van der Waals surface area contributed by atoms with Crippen molar-refractivity contribution in [2.45, 2.75) is 51.0 Å². The van der Waals surface area contributed by atoms with Crippen molar-refractivity contribution in [1.82, 2.24) is 9.80 Å². The minimum absolute atomic E-state index is 0.168. The molecule has 2 fully saturated rings. The van der Waals surface area contributed by atoms with Crippen LogP contribution in [0, 0.1) is 5.92 Å². The van der Waals surface area contributed by atoms with Gasteiger partial charge in [-0.25, -0.2) is 0 Å². The molecule has 0 unspecified atom stereocenters. The van der Waals surface area contributed by atoms with Gasteiger partial charge in [0.2, 0.25) is 5.91 Å². The van der Waals surface area contributed by atoms with E-state index in [1.807, 2.05) is 22.9 Å². The van der Waals surface area contributed by atoms with Gasteiger partial charge in [-0.2, -0.15) is 0 Å². The first-order valence-electron chi connectivity index (χ1n) is 9.30. The number of piperidine rings is 1. The van der Waals surface area contributed by atoms with Crippen molar-refractivity contribution in [1.29, 1.82) is 0 Å². The summed E-state index contributed by atoms with van der Waals surface area (Å²) in [5, 5.41) is 0. The molecule has 128 valence electrons. The molecule has 1 aliphatic carbocycles. The van der Waals surface area contributed by atoms with Crippen LogP contribution in [0.15, 0.2) is 18.2 Å². The van der Waals surface area contributed by atoms with Crippen LogP contribution in [0.25, 0.3) is 0 Å². The summed E-state index contributed by atoms with van der Waals surface area (Å²) in [7, 11) is 1.93. The quantitative estimate of drug-likeness (QED) is 0.796. The summed E-state index contributed by atoms with van der Waals surface area (Å²) in [6.07, 6.45) is 7.03. The number of hydrogen-bond acceptors (Lipinski definition) is 2. The fourth-order valence-corrected chi connectivity index (χ4v) is 4.76. The fourth-order valence-electron chi connectivity index (χ4n) is 4.76. The van der Waals surface area contributed by atoms with Gasteiger partial charge in [0, 0.05) is 38.2 Å². The molecule has 2 saturated heterocycles. The largest absolute Gasteiger partial charge is 0.342 e. The zero-order valence-corrected chi connectivity index (χ0v) is 14.5. The maximum absolute atomic E-state index is 13.0. The standard InChI is InChI=1S/C20H26N2O2/c1-21-18-10-11-22(13-17(18)6-3-7-19(21)23)20(24)16-9-8-14-4-2-5-15(14)12-16/h8-9,12,17-18H,2-7,10-11,13H2,1H3/t17-,18-/m1/s1. The lowest BCUT2D eigenvalue weighted by Crippen LogP contribution is -2.51. The summed E-state index contributed by atoms with van der Waals surface area (Å²) in [5.41, 5.74) is 3.61. The fraction of sp³-hybridized carbons (Fsp3) is 0.600. The first-order valence-corrected chi connectivity index (χ1v) is 9.30. The Morgan fingerprint density at radius 3 is 2.79 bits per heavy atom. The van der Waals surface area contributed by atoms with Gasteiger partial charge in [0.15, 0.2) is 0 Å². The van der Waals surface area contributed by atoms with Crippen LogP contribution >= 0.6 is 0 Å². The number of benzene rings is 1. The van der Waals surface area contributed by atoms with Crippen molar-refractivity contribution >= 4 is 11.8 Å². The molecule has 0 N–H and O–H groups in total. The van der Waals surface area contributed by atoms with Crippen molar-refractivity contribution in [3.8, 4) is 0 Å². The highest BCUT2D eigenvalue weighted by atomic mass is 16.2. The van der Waals surface area contributed by atoms with E-state index >= 15 is 0 Å². The van der Waals surface area contributed by atoms with Gasteiger partial charge in [-0.3, -0.25) is 9.59 Å². The normalized spacial score (nSPS) is 26.8. The molecule has 0 aromatic heterocycles. The zero-order valence-electron chi connectivity index (χ0n) is 14.5. The Morgan fingerprint density at radius 1 is 1.08 bits per heavy atom. The van der Waals surface area contributed by atoms with E-state index in [1.54, 1.807) is 0 Å². The molecule has 2 heterocycles. The van der Waals surface area contributed by atoms with Crippen molar-refractivity contribution in [3.05, 3.63) is 34.9 Å². The minimum atomic E-state index is 0.168. The first kappa shape index (κ1) is 15.7. The highest BCUT2D eigenvalue weighted by Crippen LogP contribution is 2.31. The van der Waals surface area contributed by atoms with Crippen LogP contribution in [0.3, 0.4) is 0 Å². The molecule has 3 aliphatic rings. The molecule has 2 amide bonds. The number of aryl methyl sites for hydroxylation is 2. The molecule has 4 rings (SSSR count). The molecule has 1 aromatic carbocycles. The Labute approximate surface area is 143 Å². The van der Waals surface area contributed by atoms with Gasteiger partial charge in [0.05, 0.1) is 0 Å². The van der Waals surface area contributed by atoms with Crippen molar-refractivity contribution in [3.63, 3.8) is 0 Å². The predicted octanol–water partition coefficient (Wildman–Crippen LogP) is 2.65. The number of rotatable bonds is 1. The topological polar surface area (TPSA) is 40.6 Å². The van der Waals surface area contributed by atoms with E-state index in [1.165, 1.54) is 17.5 Å². The molecule has 24 heavy (non-hydrogen) atoms. The second-order valence-electron chi connectivity index (χ2n) is 7.60. The highest BCUT2D eigenvalue weighted by molar-refractivity contribution is 5.94. The van der Waals surface area contributed by atoms with Gasteiger partial charge in [0.25, 0.3) is 5.91 Å². The predicted molar refractivity (Wildman–Crippen MR) is 92.9 cm³/mol. The number of carbonyl (C=O) groups excluding carboxylic acids is 2. The van der Waals surface area contributed by atoms with Gasteiger partial charge in [-0.15, -0.1) is 0 Å². The maximum atomic E-state index is 13.0. The third-order valence-electron chi connectivity index (χ3n) is 6.18. The summed E-state index contributed by atoms with van der Waals surface area (Å²) in [6.45, 7) is 1.55. The number of hydrogen-bond donors (Lipinski definition) is 0. The first-order chi connectivity index (χ1) is 11.6. The monoisotopic (exact) mass is 326 g/mol. The van der Waals surface area contributed by atoms with Crippen molar-refractivity contribution in [2.75, 3.05) is 20.1 Å². The number of nitrogens with zero attached hydrogens (tertiary/aromatic N) is 2. The molecule has 0 radical (unpaired) electrons. The second-order valence-corrected chi connectivity index (χ2v) is 7.60. The Morgan fingerprint density at radius 2 is 1.92 bits per heavy atom. The lowest BCUT2D eigenvalue weighted by Gasteiger charge is -2.41. The van der Waals surface area contributed by atoms with E-state index in [0.717, 1.165) is 50.8 Å². The van der Waals surface area contributed by atoms with Crippen LogP contribution in [0.5, 0.6) is 0 Å². The molecule has 2 atom stereocenters. The Hall–Kier alpha value is -1.84. The van der Waals surface area contributed by atoms with E-state index in [0.29, 0.717) is 18.4 Å². The van der Waals surface area contributed by atoms with Crippen LogP contribution in [0.1, 0.15) is 53.6 Å².